The van der Waals surface area contributed by atoms with Gasteiger partial charge in [0, 0.05) is 0 Å². The van der Waals surface area contributed by atoms with Crippen molar-refractivity contribution in [1.29, 1.82) is 0 Å². The molecule has 100 valence electrons. The van der Waals surface area contributed by atoms with Gasteiger partial charge in [-0.2, -0.15) is 0 Å². The highest BCUT2D eigenvalue weighted by Gasteiger charge is 2.21. The summed E-state index contributed by atoms with van der Waals surface area (Å²) in [7, 11) is -1.77. The fraction of sp³-hybridized carbons (Fsp3) is 0.417. The van der Waals surface area contributed by atoms with Crippen LogP contribution in [0.3, 0.4) is 0 Å². The van der Waals surface area contributed by atoms with Crippen LogP contribution < -0.4 is 5.32 Å². The van der Waals surface area contributed by atoms with Crippen LogP contribution in [0.5, 0.6) is 0 Å². The van der Waals surface area contributed by atoms with E-state index in [0.29, 0.717) is 5.56 Å². The van der Waals surface area contributed by atoms with Crippen LogP contribution in [0.2, 0.25) is 0 Å². The summed E-state index contributed by atoms with van der Waals surface area (Å²) in [6.07, 6.45) is 0. The van der Waals surface area contributed by atoms with E-state index in [1.165, 1.54) is 31.3 Å². The zero-order valence-corrected chi connectivity index (χ0v) is 11.4. The number of benzene rings is 1. The van der Waals surface area contributed by atoms with E-state index in [2.05, 4.69) is 5.32 Å². The normalized spacial score (nSPS) is 13.6. The lowest BCUT2D eigenvalue weighted by molar-refractivity contribution is -0.139. The molecule has 5 nitrogen and oxygen atoms in total. The number of hydrogen-bond acceptors (Lipinski definition) is 4. The van der Waals surface area contributed by atoms with Crippen LogP contribution in [0, 0.1) is 0 Å². The summed E-state index contributed by atoms with van der Waals surface area (Å²) in [6, 6.07) is 5.09. The summed E-state index contributed by atoms with van der Waals surface area (Å²) < 4.78 is 23.8. The Bertz CT molecular complexity index is 520. The van der Waals surface area contributed by atoms with Crippen LogP contribution in [0.4, 0.5) is 0 Å². The van der Waals surface area contributed by atoms with Gasteiger partial charge in [0.1, 0.15) is 6.04 Å². The summed E-state index contributed by atoms with van der Waals surface area (Å²) >= 11 is 0. The lowest BCUT2D eigenvalue weighted by atomic mass is 10.1. The summed E-state index contributed by atoms with van der Waals surface area (Å²) in [6.45, 7) is 3.22. The predicted molar refractivity (Wildman–Crippen MR) is 68.2 cm³/mol. The summed E-state index contributed by atoms with van der Waals surface area (Å²) in [5, 5.41) is 11.1. The van der Waals surface area contributed by atoms with E-state index in [-0.39, 0.29) is 4.90 Å². The SMILES string of the molecule is CNC(C(=O)O)c1ccc(S(=O)(=O)C(C)C)cc1. The van der Waals surface area contributed by atoms with E-state index in [4.69, 9.17) is 5.11 Å². The molecule has 1 unspecified atom stereocenters. The fourth-order valence-corrected chi connectivity index (χ4v) is 2.61. The molecule has 0 spiro atoms. The maximum atomic E-state index is 11.9. The van der Waals surface area contributed by atoms with Crippen LogP contribution in [-0.4, -0.2) is 31.8 Å². The largest absolute Gasteiger partial charge is 0.480 e. The number of carbonyl (C=O) groups is 1. The zero-order valence-electron chi connectivity index (χ0n) is 10.5. The number of sulfone groups is 1. The Morgan fingerprint density at radius 3 is 2.06 bits per heavy atom. The molecule has 1 atom stereocenters. The number of carboxylic acids is 1. The highest BCUT2D eigenvalue weighted by atomic mass is 32.2. The van der Waals surface area contributed by atoms with Gasteiger partial charge in [0.2, 0.25) is 0 Å². The molecule has 0 radical (unpaired) electrons. The predicted octanol–water partition coefficient (Wildman–Crippen LogP) is 1.21. The van der Waals surface area contributed by atoms with Crippen molar-refractivity contribution < 1.29 is 18.3 Å². The third-order valence-corrected chi connectivity index (χ3v) is 4.87. The summed E-state index contributed by atoms with van der Waals surface area (Å²) in [5.41, 5.74) is 0.521. The molecule has 0 amide bonds. The van der Waals surface area contributed by atoms with Gasteiger partial charge in [-0.25, -0.2) is 8.42 Å². The van der Waals surface area contributed by atoms with E-state index < -0.39 is 27.1 Å². The lowest BCUT2D eigenvalue weighted by Crippen LogP contribution is -2.25. The van der Waals surface area contributed by atoms with Gasteiger partial charge >= 0.3 is 5.97 Å². The topological polar surface area (TPSA) is 83.5 Å². The van der Waals surface area contributed by atoms with Gasteiger partial charge in [0.05, 0.1) is 10.1 Å². The van der Waals surface area contributed by atoms with Crippen molar-refractivity contribution in [3.63, 3.8) is 0 Å². The van der Waals surface area contributed by atoms with Crippen molar-refractivity contribution in [2.45, 2.75) is 30.0 Å². The van der Waals surface area contributed by atoms with Gasteiger partial charge in [0.15, 0.2) is 9.84 Å². The number of nitrogens with one attached hydrogen (secondary N) is 1. The smallest absolute Gasteiger partial charge is 0.325 e. The Labute approximate surface area is 107 Å². The summed E-state index contributed by atoms with van der Waals surface area (Å²) in [5.74, 6) is -1.00. The van der Waals surface area contributed by atoms with E-state index >= 15 is 0 Å². The Morgan fingerprint density at radius 1 is 1.22 bits per heavy atom. The highest BCUT2D eigenvalue weighted by Crippen LogP contribution is 2.19. The van der Waals surface area contributed by atoms with E-state index in [1.54, 1.807) is 13.8 Å². The van der Waals surface area contributed by atoms with Crippen molar-refractivity contribution >= 4 is 15.8 Å². The lowest BCUT2D eigenvalue weighted by Gasteiger charge is -2.13. The van der Waals surface area contributed by atoms with Crippen LogP contribution in [0.15, 0.2) is 29.2 Å². The Balaban J connectivity index is 3.11. The van der Waals surface area contributed by atoms with E-state index in [0.717, 1.165) is 0 Å². The second kappa shape index (κ2) is 5.49. The van der Waals surface area contributed by atoms with Gasteiger partial charge in [-0.3, -0.25) is 4.79 Å². The van der Waals surface area contributed by atoms with E-state index in [9.17, 15) is 13.2 Å². The molecule has 0 heterocycles. The molecule has 6 heteroatoms. The number of hydrogen-bond donors (Lipinski definition) is 2. The first-order chi connectivity index (χ1) is 8.30. The molecule has 1 aromatic rings. The molecule has 0 bridgehead atoms. The molecule has 0 fully saturated rings. The minimum Gasteiger partial charge on any atom is -0.480 e. The molecule has 18 heavy (non-hydrogen) atoms. The monoisotopic (exact) mass is 271 g/mol. The molecule has 0 aliphatic heterocycles. The van der Waals surface area contributed by atoms with Gasteiger partial charge in [-0.1, -0.05) is 12.1 Å². The Hall–Kier alpha value is -1.40. The standard InChI is InChI=1S/C12H17NO4S/c1-8(2)18(16,17)10-6-4-9(5-7-10)11(13-3)12(14)15/h4-8,11,13H,1-3H3,(H,14,15). The van der Waals surface area contributed by atoms with Crippen molar-refractivity contribution in [3.8, 4) is 0 Å². The minimum atomic E-state index is -3.31. The first-order valence-corrected chi connectivity index (χ1v) is 7.09. The second-order valence-corrected chi connectivity index (χ2v) is 6.73. The zero-order chi connectivity index (χ0) is 13.9. The molecule has 2 N–H and O–H groups in total. The molecular formula is C12H17NO4S. The van der Waals surface area contributed by atoms with Crippen molar-refractivity contribution in [2.24, 2.45) is 0 Å². The molecule has 0 aromatic heterocycles. The number of likely N-dealkylation sites (N-methyl/N-ethyl adjacent to an activating group) is 1. The average molecular weight is 271 g/mol. The van der Waals surface area contributed by atoms with E-state index in [1.807, 2.05) is 0 Å². The second-order valence-electron chi connectivity index (χ2n) is 4.22. The molecule has 1 rings (SSSR count). The quantitative estimate of drug-likeness (QED) is 0.841. The van der Waals surface area contributed by atoms with Crippen molar-refractivity contribution in [3.05, 3.63) is 29.8 Å². The van der Waals surface area contributed by atoms with Crippen LogP contribution in [0.1, 0.15) is 25.5 Å². The number of aliphatic carboxylic acids is 1. The average Bonchev–Trinajstić information content (AvgIpc) is 2.30. The van der Waals surface area contributed by atoms with Crippen LogP contribution in [0.25, 0.3) is 0 Å². The van der Waals surface area contributed by atoms with Crippen LogP contribution in [-0.2, 0) is 14.6 Å². The Morgan fingerprint density at radius 2 is 1.72 bits per heavy atom. The Kier molecular flexibility index (Phi) is 4.48. The molecule has 0 saturated heterocycles. The molecule has 0 aliphatic rings. The fourth-order valence-electron chi connectivity index (χ4n) is 1.55. The molecule has 0 saturated carbocycles. The van der Waals surface area contributed by atoms with Crippen LogP contribution >= 0.6 is 0 Å². The van der Waals surface area contributed by atoms with Gasteiger partial charge in [-0.05, 0) is 38.6 Å². The van der Waals surface area contributed by atoms with Gasteiger partial charge < -0.3 is 10.4 Å². The maximum Gasteiger partial charge on any atom is 0.325 e. The molecular weight excluding hydrogens is 254 g/mol. The molecule has 1 aromatic carbocycles. The summed E-state index contributed by atoms with van der Waals surface area (Å²) in [4.78, 5) is 11.2. The maximum absolute atomic E-state index is 11.9. The third kappa shape index (κ3) is 2.88. The minimum absolute atomic E-state index is 0.210. The van der Waals surface area contributed by atoms with Crippen molar-refractivity contribution in [2.75, 3.05) is 7.05 Å². The number of carboxylic acid groups (broad SMARTS) is 1. The van der Waals surface area contributed by atoms with Gasteiger partial charge in [0.25, 0.3) is 0 Å². The highest BCUT2D eigenvalue weighted by molar-refractivity contribution is 7.92. The first kappa shape index (κ1) is 14.7. The first-order valence-electron chi connectivity index (χ1n) is 5.54. The van der Waals surface area contributed by atoms with Gasteiger partial charge in [-0.15, -0.1) is 0 Å². The van der Waals surface area contributed by atoms with Crippen molar-refractivity contribution in [1.82, 2.24) is 5.32 Å². The molecule has 0 aliphatic carbocycles. The number of rotatable bonds is 5. The third-order valence-electron chi connectivity index (χ3n) is 2.70.